The summed E-state index contributed by atoms with van der Waals surface area (Å²) in [6.45, 7) is -0.104. The van der Waals surface area contributed by atoms with E-state index in [-0.39, 0.29) is 36.7 Å². The highest BCUT2D eigenvalue weighted by Gasteiger charge is 2.33. The van der Waals surface area contributed by atoms with Gasteiger partial charge in [0.1, 0.15) is 11.8 Å². The fourth-order valence-electron chi connectivity index (χ4n) is 4.46. The van der Waals surface area contributed by atoms with Crippen LogP contribution in [-0.4, -0.2) is 42.3 Å². The summed E-state index contributed by atoms with van der Waals surface area (Å²) in [6, 6.07) is 19.0. The van der Waals surface area contributed by atoms with Gasteiger partial charge in [0, 0.05) is 12.6 Å². The predicted octanol–water partition coefficient (Wildman–Crippen LogP) is 3.85. The van der Waals surface area contributed by atoms with E-state index in [9.17, 15) is 14.4 Å². The van der Waals surface area contributed by atoms with Gasteiger partial charge in [0.2, 0.25) is 11.8 Å². The standard InChI is InChI=1S/C28H31N3O5/c1-35-23-15-13-20(14-16-23)19-31(25(32)18-29-27(33)24-12-7-17-36-24)26(21-8-3-2-4-9-21)28(34)30-22-10-5-6-11-22/h2-4,7-9,12-17,22,26H,5-6,10-11,18-19H2,1H3,(H,29,33)(H,30,34)/t26-/m1/s1. The van der Waals surface area contributed by atoms with E-state index in [1.807, 2.05) is 54.6 Å². The van der Waals surface area contributed by atoms with Gasteiger partial charge in [0.15, 0.2) is 5.76 Å². The number of nitrogens with one attached hydrogen (secondary N) is 2. The average molecular weight is 490 g/mol. The highest BCUT2D eigenvalue weighted by Crippen LogP contribution is 2.26. The molecule has 0 saturated heterocycles. The number of benzene rings is 2. The molecule has 4 rings (SSSR count). The molecule has 3 amide bonds. The first-order valence-electron chi connectivity index (χ1n) is 12.1. The van der Waals surface area contributed by atoms with Gasteiger partial charge in [-0.2, -0.15) is 0 Å². The van der Waals surface area contributed by atoms with Crippen LogP contribution in [0.1, 0.15) is 53.4 Å². The number of amides is 3. The van der Waals surface area contributed by atoms with E-state index < -0.39 is 11.9 Å². The summed E-state index contributed by atoms with van der Waals surface area (Å²) in [5.41, 5.74) is 1.53. The van der Waals surface area contributed by atoms with Crippen LogP contribution in [0.2, 0.25) is 0 Å². The zero-order valence-corrected chi connectivity index (χ0v) is 20.3. The first-order valence-corrected chi connectivity index (χ1v) is 12.1. The predicted molar refractivity (Wildman–Crippen MR) is 134 cm³/mol. The van der Waals surface area contributed by atoms with E-state index in [1.54, 1.807) is 13.2 Å². The second-order valence-corrected chi connectivity index (χ2v) is 8.83. The van der Waals surface area contributed by atoms with Crippen LogP contribution in [0.25, 0.3) is 0 Å². The molecule has 1 fully saturated rings. The molecule has 0 spiro atoms. The van der Waals surface area contributed by atoms with Crippen molar-refractivity contribution in [2.45, 2.75) is 44.3 Å². The molecule has 8 heteroatoms. The fourth-order valence-corrected chi connectivity index (χ4v) is 4.46. The van der Waals surface area contributed by atoms with E-state index in [2.05, 4.69) is 10.6 Å². The van der Waals surface area contributed by atoms with Crippen molar-refractivity contribution in [3.05, 3.63) is 89.9 Å². The molecule has 36 heavy (non-hydrogen) atoms. The minimum atomic E-state index is -0.859. The van der Waals surface area contributed by atoms with Crippen LogP contribution in [0.15, 0.2) is 77.4 Å². The molecule has 1 aliphatic carbocycles. The maximum atomic E-state index is 13.6. The van der Waals surface area contributed by atoms with E-state index in [1.165, 1.54) is 17.2 Å². The fraction of sp³-hybridized carbons (Fsp3) is 0.321. The minimum Gasteiger partial charge on any atom is -0.497 e. The van der Waals surface area contributed by atoms with Gasteiger partial charge in [0.05, 0.1) is 19.9 Å². The van der Waals surface area contributed by atoms with E-state index in [4.69, 9.17) is 9.15 Å². The molecule has 8 nitrogen and oxygen atoms in total. The van der Waals surface area contributed by atoms with Crippen LogP contribution < -0.4 is 15.4 Å². The van der Waals surface area contributed by atoms with Crippen molar-refractivity contribution in [2.24, 2.45) is 0 Å². The van der Waals surface area contributed by atoms with Crippen molar-refractivity contribution in [2.75, 3.05) is 13.7 Å². The molecule has 3 aromatic rings. The summed E-state index contributed by atoms with van der Waals surface area (Å²) in [6.07, 6.45) is 5.41. The van der Waals surface area contributed by atoms with Gasteiger partial charge in [0.25, 0.3) is 5.91 Å². The van der Waals surface area contributed by atoms with E-state index >= 15 is 0 Å². The molecule has 1 atom stereocenters. The Bertz CT molecular complexity index is 1140. The third kappa shape index (κ3) is 6.33. The first-order chi connectivity index (χ1) is 17.5. The molecule has 1 heterocycles. The van der Waals surface area contributed by atoms with Crippen molar-refractivity contribution in [1.82, 2.24) is 15.5 Å². The Morgan fingerprint density at radius 2 is 1.72 bits per heavy atom. The van der Waals surface area contributed by atoms with Crippen LogP contribution in [0.3, 0.4) is 0 Å². The Hall–Kier alpha value is -4.07. The molecule has 2 aromatic carbocycles. The highest BCUT2D eigenvalue weighted by atomic mass is 16.5. The Kier molecular flexibility index (Phi) is 8.39. The Balaban J connectivity index is 1.61. The molecule has 2 N–H and O–H groups in total. The maximum absolute atomic E-state index is 13.6. The van der Waals surface area contributed by atoms with Gasteiger partial charge in [-0.25, -0.2) is 0 Å². The molecule has 0 radical (unpaired) electrons. The lowest BCUT2D eigenvalue weighted by Crippen LogP contribution is -2.48. The number of ether oxygens (including phenoxy) is 1. The Labute approximate surface area is 210 Å². The van der Waals surface area contributed by atoms with Crippen molar-refractivity contribution in [3.8, 4) is 5.75 Å². The van der Waals surface area contributed by atoms with Crippen LogP contribution in [0, 0.1) is 0 Å². The van der Waals surface area contributed by atoms with Crippen molar-refractivity contribution in [1.29, 1.82) is 0 Å². The molecule has 188 valence electrons. The lowest BCUT2D eigenvalue weighted by atomic mass is 10.0. The van der Waals surface area contributed by atoms with Crippen LogP contribution in [0.4, 0.5) is 0 Å². The van der Waals surface area contributed by atoms with Crippen LogP contribution in [0.5, 0.6) is 5.75 Å². The summed E-state index contributed by atoms with van der Waals surface area (Å²) in [4.78, 5) is 41.1. The zero-order valence-electron chi connectivity index (χ0n) is 20.3. The molecule has 0 unspecified atom stereocenters. The monoisotopic (exact) mass is 489 g/mol. The summed E-state index contributed by atoms with van der Waals surface area (Å²) in [5, 5.41) is 5.76. The van der Waals surface area contributed by atoms with Gasteiger partial charge in [-0.1, -0.05) is 55.3 Å². The molecule has 0 aliphatic heterocycles. The third-order valence-electron chi connectivity index (χ3n) is 6.35. The summed E-state index contributed by atoms with van der Waals surface area (Å²) >= 11 is 0. The number of carbonyl (C=O) groups excluding carboxylic acids is 3. The van der Waals surface area contributed by atoms with Crippen molar-refractivity contribution < 1.29 is 23.5 Å². The normalized spacial score (nSPS) is 14.1. The maximum Gasteiger partial charge on any atom is 0.287 e. The molecular weight excluding hydrogens is 458 g/mol. The molecular formula is C28H31N3O5. The second kappa shape index (κ2) is 12.1. The number of furan rings is 1. The number of methoxy groups -OCH3 is 1. The SMILES string of the molecule is COc1ccc(CN(C(=O)CNC(=O)c2ccco2)[C@@H](C(=O)NC2CCCC2)c2ccccc2)cc1. The van der Waals surface area contributed by atoms with Crippen molar-refractivity contribution in [3.63, 3.8) is 0 Å². The molecule has 1 aromatic heterocycles. The third-order valence-corrected chi connectivity index (χ3v) is 6.35. The lowest BCUT2D eigenvalue weighted by Gasteiger charge is -2.32. The first kappa shape index (κ1) is 25.0. The second-order valence-electron chi connectivity index (χ2n) is 8.83. The van der Waals surface area contributed by atoms with Crippen LogP contribution >= 0.6 is 0 Å². The zero-order chi connectivity index (χ0) is 25.3. The van der Waals surface area contributed by atoms with E-state index in [0.29, 0.717) is 11.3 Å². The number of carbonyl (C=O) groups is 3. The number of rotatable bonds is 10. The smallest absolute Gasteiger partial charge is 0.287 e. The average Bonchev–Trinajstić information content (AvgIpc) is 3.63. The molecule has 1 saturated carbocycles. The number of hydrogen-bond acceptors (Lipinski definition) is 5. The summed E-state index contributed by atoms with van der Waals surface area (Å²) < 4.78 is 10.4. The van der Waals surface area contributed by atoms with Gasteiger partial charge >= 0.3 is 0 Å². The van der Waals surface area contributed by atoms with Gasteiger partial charge in [-0.3, -0.25) is 14.4 Å². The Morgan fingerprint density at radius 1 is 1.00 bits per heavy atom. The molecule has 0 bridgehead atoms. The van der Waals surface area contributed by atoms with Gasteiger partial charge in [-0.15, -0.1) is 0 Å². The topological polar surface area (TPSA) is 101 Å². The lowest BCUT2D eigenvalue weighted by molar-refractivity contribution is -0.141. The largest absolute Gasteiger partial charge is 0.497 e. The minimum absolute atomic E-state index is 0.0975. The molecule has 1 aliphatic rings. The quantitative estimate of drug-likeness (QED) is 0.451. The van der Waals surface area contributed by atoms with Crippen LogP contribution in [-0.2, 0) is 16.1 Å². The number of hydrogen-bond donors (Lipinski definition) is 2. The summed E-state index contributed by atoms with van der Waals surface area (Å²) in [7, 11) is 1.59. The highest BCUT2D eigenvalue weighted by molar-refractivity contribution is 5.95. The van der Waals surface area contributed by atoms with Gasteiger partial charge in [-0.05, 0) is 48.2 Å². The van der Waals surface area contributed by atoms with E-state index in [0.717, 1.165) is 31.2 Å². The number of nitrogens with zero attached hydrogens (tertiary/aromatic N) is 1. The van der Waals surface area contributed by atoms with Crippen molar-refractivity contribution >= 4 is 17.7 Å². The van der Waals surface area contributed by atoms with Gasteiger partial charge < -0.3 is 24.7 Å². The summed E-state index contributed by atoms with van der Waals surface area (Å²) in [5.74, 6) is -0.304. The Morgan fingerprint density at radius 3 is 2.36 bits per heavy atom.